The van der Waals surface area contributed by atoms with E-state index >= 15 is 0 Å². The molecule has 0 atom stereocenters. The third-order valence-electron chi connectivity index (χ3n) is 3.32. The molecule has 0 amide bonds. The van der Waals surface area contributed by atoms with E-state index in [2.05, 4.69) is 20.0 Å². The molecule has 0 unspecified atom stereocenters. The topological polar surface area (TPSA) is 33.0 Å². The van der Waals surface area contributed by atoms with Gasteiger partial charge in [0.25, 0.3) is 0 Å². The van der Waals surface area contributed by atoms with Gasteiger partial charge in [-0.25, -0.2) is 0 Å². The Hall–Kier alpha value is -1.92. The van der Waals surface area contributed by atoms with Crippen LogP contribution in [0.2, 0.25) is 5.02 Å². The first kappa shape index (κ1) is 14.5. The fourth-order valence-electron chi connectivity index (χ4n) is 2.28. The summed E-state index contributed by atoms with van der Waals surface area (Å²) >= 11 is 6.20. The van der Waals surface area contributed by atoms with Crippen LogP contribution in [0.25, 0.3) is 0 Å². The summed E-state index contributed by atoms with van der Waals surface area (Å²) in [7, 11) is 3.73. The van der Waals surface area contributed by atoms with Gasteiger partial charge >= 0.3 is 0 Å². The van der Waals surface area contributed by atoms with E-state index in [1.54, 1.807) is 19.2 Å². The van der Waals surface area contributed by atoms with Gasteiger partial charge < -0.3 is 4.74 Å². The number of methoxy groups -OCH3 is 1. The molecule has 2 rings (SSSR count). The quantitative estimate of drug-likeness (QED) is 0.807. The highest BCUT2D eigenvalue weighted by molar-refractivity contribution is 6.32. The Kier molecular flexibility index (Phi) is 4.71. The van der Waals surface area contributed by atoms with Gasteiger partial charge in [0.2, 0.25) is 0 Å². The molecule has 0 heterocycles. The number of hydrogen-bond donors (Lipinski definition) is 0. The molecule has 2 nitrogen and oxygen atoms in total. The molecule has 0 saturated carbocycles. The number of nitrogens with zero attached hydrogens (tertiary/aromatic N) is 1. The van der Waals surface area contributed by atoms with E-state index in [1.165, 1.54) is 5.46 Å². The second kappa shape index (κ2) is 6.50. The van der Waals surface area contributed by atoms with Crippen LogP contribution in [-0.4, -0.2) is 15.0 Å². The van der Waals surface area contributed by atoms with Crippen LogP contribution in [0.15, 0.2) is 36.4 Å². The van der Waals surface area contributed by atoms with E-state index in [1.807, 2.05) is 18.2 Å². The molecular weight excluding hydrogens is 268 g/mol. The zero-order valence-corrected chi connectivity index (χ0v) is 12.4. The molecule has 0 spiro atoms. The van der Waals surface area contributed by atoms with Gasteiger partial charge in [-0.05, 0) is 42.2 Å². The van der Waals surface area contributed by atoms with Crippen molar-refractivity contribution in [3.8, 4) is 11.8 Å². The lowest BCUT2D eigenvalue weighted by Gasteiger charge is -2.11. The Morgan fingerprint density at radius 3 is 2.75 bits per heavy atom. The van der Waals surface area contributed by atoms with Crippen molar-refractivity contribution in [1.82, 2.24) is 0 Å². The van der Waals surface area contributed by atoms with Gasteiger partial charge in [0.05, 0.1) is 18.7 Å². The van der Waals surface area contributed by atoms with Crippen molar-refractivity contribution < 1.29 is 4.74 Å². The van der Waals surface area contributed by atoms with E-state index in [0.29, 0.717) is 10.6 Å². The van der Waals surface area contributed by atoms with Gasteiger partial charge in [-0.2, -0.15) is 5.26 Å². The van der Waals surface area contributed by atoms with E-state index in [0.717, 1.165) is 29.7 Å². The molecule has 2 aromatic rings. The van der Waals surface area contributed by atoms with Crippen LogP contribution < -0.4 is 10.2 Å². The van der Waals surface area contributed by atoms with E-state index < -0.39 is 0 Å². The van der Waals surface area contributed by atoms with Crippen LogP contribution >= 0.6 is 11.6 Å². The van der Waals surface area contributed by atoms with Crippen LogP contribution in [0.4, 0.5) is 0 Å². The average Bonchev–Trinajstić information content (AvgIpc) is 2.46. The largest absolute Gasteiger partial charge is 0.496 e. The van der Waals surface area contributed by atoms with Crippen LogP contribution in [0, 0.1) is 11.3 Å². The summed E-state index contributed by atoms with van der Waals surface area (Å²) in [4.78, 5) is 0. The Labute approximate surface area is 125 Å². The molecule has 0 aliphatic heterocycles. The summed E-state index contributed by atoms with van der Waals surface area (Å²) < 4.78 is 5.38. The zero-order chi connectivity index (χ0) is 14.5. The Morgan fingerprint density at radius 2 is 2.05 bits per heavy atom. The number of aryl methyl sites for hydroxylation is 1. The SMILES string of the molecule is Bc1ccc(OC)c(CCc2c(Cl)cccc2C#N)c1. The minimum atomic E-state index is 0.643. The van der Waals surface area contributed by atoms with Crippen molar-refractivity contribution in [3.63, 3.8) is 0 Å². The highest BCUT2D eigenvalue weighted by Crippen LogP contribution is 2.24. The highest BCUT2D eigenvalue weighted by atomic mass is 35.5. The van der Waals surface area contributed by atoms with Crippen molar-refractivity contribution in [3.05, 3.63) is 58.1 Å². The number of benzene rings is 2. The van der Waals surface area contributed by atoms with Crippen molar-refractivity contribution in [2.24, 2.45) is 0 Å². The Bertz CT molecular complexity index is 664. The van der Waals surface area contributed by atoms with Crippen molar-refractivity contribution in [2.45, 2.75) is 12.8 Å². The predicted molar refractivity (Wildman–Crippen MR) is 84.7 cm³/mol. The molecule has 0 N–H and O–H groups in total. The summed E-state index contributed by atoms with van der Waals surface area (Å²) in [6.45, 7) is 0. The van der Waals surface area contributed by atoms with Crippen molar-refractivity contribution >= 4 is 24.9 Å². The number of nitriles is 1. The molecule has 0 aliphatic carbocycles. The first-order chi connectivity index (χ1) is 9.65. The number of rotatable bonds is 4. The van der Waals surface area contributed by atoms with Crippen molar-refractivity contribution in [2.75, 3.05) is 7.11 Å². The molecule has 0 aliphatic rings. The molecule has 0 aromatic heterocycles. The second-order valence-corrected chi connectivity index (χ2v) is 5.10. The maximum Gasteiger partial charge on any atom is 0.139 e. The smallest absolute Gasteiger partial charge is 0.139 e. The Morgan fingerprint density at radius 1 is 1.25 bits per heavy atom. The first-order valence-corrected chi connectivity index (χ1v) is 6.84. The van der Waals surface area contributed by atoms with Gasteiger partial charge in [-0.1, -0.05) is 35.3 Å². The molecule has 4 heteroatoms. The summed E-state index contributed by atoms with van der Waals surface area (Å²) in [6, 6.07) is 13.7. The van der Waals surface area contributed by atoms with E-state index in [9.17, 15) is 0 Å². The van der Waals surface area contributed by atoms with E-state index in [4.69, 9.17) is 21.6 Å². The number of ether oxygens (including phenoxy) is 1. The normalized spacial score (nSPS) is 10.1. The summed E-state index contributed by atoms with van der Waals surface area (Å²) in [6.07, 6.45) is 1.52. The van der Waals surface area contributed by atoms with E-state index in [-0.39, 0.29) is 0 Å². The van der Waals surface area contributed by atoms with Crippen LogP contribution in [0.5, 0.6) is 5.75 Å². The number of halogens is 1. The Balaban J connectivity index is 2.26. The maximum absolute atomic E-state index is 9.15. The second-order valence-electron chi connectivity index (χ2n) is 4.69. The minimum Gasteiger partial charge on any atom is -0.496 e. The van der Waals surface area contributed by atoms with Crippen LogP contribution in [0.1, 0.15) is 16.7 Å². The monoisotopic (exact) mass is 283 g/mol. The zero-order valence-electron chi connectivity index (χ0n) is 11.6. The van der Waals surface area contributed by atoms with Gasteiger partial charge in [-0.3, -0.25) is 0 Å². The average molecular weight is 284 g/mol. The lowest BCUT2D eigenvalue weighted by Crippen LogP contribution is -2.06. The number of hydrogen-bond acceptors (Lipinski definition) is 2. The maximum atomic E-state index is 9.15. The fourth-order valence-corrected chi connectivity index (χ4v) is 2.55. The highest BCUT2D eigenvalue weighted by Gasteiger charge is 2.09. The van der Waals surface area contributed by atoms with Gasteiger partial charge in [0.1, 0.15) is 13.6 Å². The summed E-state index contributed by atoms with van der Waals surface area (Å²) in [5, 5.41) is 9.80. The molecule has 20 heavy (non-hydrogen) atoms. The fraction of sp³-hybridized carbons (Fsp3) is 0.188. The van der Waals surface area contributed by atoms with Gasteiger partial charge in [0.15, 0.2) is 0 Å². The molecule has 0 fully saturated rings. The first-order valence-electron chi connectivity index (χ1n) is 6.46. The third kappa shape index (κ3) is 3.15. The molecular formula is C16H15BClNO. The molecule has 0 bridgehead atoms. The standard InChI is InChI=1S/C16H15BClNO/c1-20-16-8-6-13(17)9-11(16)5-7-14-12(10-19)3-2-4-15(14)18/h2-4,6,8-9H,5,7,17H2,1H3. The summed E-state index contributed by atoms with van der Waals surface area (Å²) in [5.74, 6) is 0.876. The van der Waals surface area contributed by atoms with Crippen LogP contribution in [0.3, 0.4) is 0 Å². The third-order valence-corrected chi connectivity index (χ3v) is 3.67. The predicted octanol–water partition coefficient (Wildman–Crippen LogP) is 2.26. The minimum absolute atomic E-state index is 0.643. The van der Waals surface area contributed by atoms with Gasteiger partial charge in [-0.15, -0.1) is 0 Å². The lowest BCUT2D eigenvalue weighted by atomic mass is 9.91. The van der Waals surface area contributed by atoms with Crippen molar-refractivity contribution in [1.29, 1.82) is 5.26 Å². The summed E-state index contributed by atoms with van der Waals surface area (Å²) in [5.41, 5.74) is 3.88. The molecule has 2 aromatic carbocycles. The van der Waals surface area contributed by atoms with Gasteiger partial charge in [0, 0.05) is 5.02 Å². The van der Waals surface area contributed by atoms with Crippen LogP contribution in [-0.2, 0) is 12.8 Å². The molecule has 0 radical (unpaired) electrons. The molecule has 0 saturated heterocycles. The molecule has 100 valence electrons. The lowest BCUT2D eigenvalue weighted by molar-refractivity contribution is 0.409.